The molecule has 0 aromatic heterocycles. The molecule has 2 aliphatic rings. The van der Waals surface area contributed by atoms with Gasteiger partial charge in [-0.25, -0.2) is 4.39 Å². The number of morpholine rings is 1. The van der Waals surface area contributed by atoms with E-state index in [1.165, 1.54) is 12.1 Å². The topological polar surface area (TPSA) is 78.0 Å². The van der Waals surface area contributed by atoms with Crippen molar-refractivity contribution < 1.29 is 13.9 Å². The van der Waals surface area contributed by atoms with Crippen LogP contribution < -0.4 is 16.0 Å². The third-order valence-electron chi connectivity index (χ3n) is 5.32. The van der Waals surface area contributed by atoms with Crippen LogP contribution in [0.5, 0.6) is 0 Å². The van der Waals surface area contributed by atoms with Gasteiger partial charge in [0.15, 0.2) is 5.96 Å². The predicted octanol–water partition coefficient (Wildman–Crippen LogP) is 2.43. The lowest BCUT2D eigenvalue weighted by molar-refractivity contribution is -0.121. The number of hydrogen-bond acceptors (Lipinski definition) is 4. The summed E-state index contributed by atoms with van der Waals surface area (Å²) in [6.07, 6.45) is 3.50. The summed E-state index contributed by atoms with van der Waals surface area (Å²) in [6.45, 7) is 7.08. The van der Waals surface area contributed by atoms with E-state index in [2.05, 4.69) is 20.9 Å². The van der Waals surface area contributed by atoms with Gasteiger partial charge in [-0.05, 0) is 43.9 Å². The molecule has 2 fully saturated rings. The maximum absolute atomic E-state index is 13.4. The highest BCUT2D eigenvalue weighted by Gasteiger charge is 2.23. The molecule has 9 heteroatoms. The van der Waals surface area contributed by atoms with E-state index < -0.39 is 0 Å². The summed E-state index contributed by atoms with van der Waals surface area (Å²) >= 11 is 0. The van der Waals surface area contributed by atoms with E-state index in [4.69, 9.17) is 9.73 Å². The van der Waals surface area contributed by atoms with E-state index in [-0.39, 0.29) is 41.7 Å². The second-order valence-corrected chi connectivity index (χ2v) is 7.81. The average molecular weight is 547 g/mol. The lowest BCUT2D eigenvalue weighted by Gasteiger charge is -2.34. The van der Waals surface area contributed by atoms with Crippen molar-refractivity contribution in [3.8, 4) is 0 Å². The van der Waals surface area contributed by atoms with Crippen LogP contribution in [-0.2, 0) is 9.53 Å². The third-order valence-corrected chi connectivity index (χ3v) is 5.32. The molecule has 1 atom stereocenters. The molecule has 1 aliphatic heterocycles. The monoisotopic (exact) mass is 547 g/mol. The number of benzene rings is 1. The van der Waals surface area contributed by atoms with Gasteiger partial charge in [0.25, 0.3) is 0 Å². The van der Waals surface area contributed by atoms with Crippen LogP contribution in [0.4, 0.5) is 4.39 Å². The van der Waals surface area contributed by atoms with Crippen molar-refractivity contribution in [2.75, 3.05) is 45.9 Å². The molecule has 3 rings (SSSR count). The second kappa shape index (κ2) is 13.8. The zero-order chi connectivity index (χ0) is 21.2. The van der Waals surface area contributed by atoms with Crippen molar-refractivity contribution in [3.05, 3.63) is 35.6 Å². The zero-order valence-corrected chi connectivity index (χ0v) is 20.6. The van der Waals surface area contributed by atoms with Crippen molar-refractivity contribution in [2.24, 2.45) is 4.99 Å². The first-order valence-corrected chi connectivity index (χ1v) is 11.0. The maximum atomic E-state index is 13.4. The lowest BCUT2D eigenvalue weighted by Crippen LogP contribution is -2.42. The fourth-order valence-corrected chi connectivity index (χ4v) is 3.51. The smallest absolute Gasteiger partial charge is 0.220 e. The zero-order valence-electron chi connectivity index (χ0n) is 18.2. The number of carbonyl (C=O) groups is 1. The fraction of sp³-hybridized carbons (Fsp3) is 0.636. The number of halogens is 2. The molecule has 3 N–H and O–H groups in total. The van der Waals surface area contributed by atoms with Gasteiger partial charge in [-0.3, -0.25) is 14.7 Å². The summed E-state index contributed by atoms with van der Waals surface area (Å²) in [6, 6.07) is 7.15. The number of ether oxygens (including phenoxy) is 1. The number of nitrogens with one attached hydrogen (secondary N) is 3. The van der Waals surface area contributed by atoms with E-state index in [9.17, 15) is 9.18 Å². The molecule has 1 amide bonds. The Kier molecular flexibility index (Phi) is 11.5. The Morgan fingerprint density at radius 3 is 2.58 bits per heavy atom. The molecule has 31 heavy (non-hydrogen) atoms. The van der Waals surface area contributed by atoms with Crippen molar-refractivity contribution in [1.82, 2.24) is 20.9 Å². The Labute approximate surface area is 201 Å². The van der Waals surface area contributed by atoms with Gasteiger partial charge in [-0.15, -0.1) is 24.0 Å². The second-order valence-electron chi connectivity index (χ2n) is 7.81. The van der Waals surface area contributed by atoms with Crippen LogP contribution in [0.1, 0.15) is 44.2 Å². The van der Waals surface area contributed by atoms with E-state index in [0.29, 0.717) is 38.8 Å². The Balaban J connectivity index is 0.00000341. The van der Waals surface area contributed by atoms with Crippen LogP contribution in [0.15, 0.2) is 29.3 Å². The Bertz CT molecular complexity index is 694. The Morgan fingerprint density at radius 1 is 1.23 bits per heavy atom. The molecule has 7 nitrogen and oxygen atoms in total. The summed E-state index contributed by atoms with van der Waals surface area (Å²) in [5.74, 6) is 0.633. The van der Waals surface area contributed by atoms with Gasteiger partial charge >= 0.3 is 0 Å². The van der Waals surface area contributed by atoms with Crippen LogP contribution in [0.25, 0.3) is 0 Å². The first kappa shape index (κ1) is 25.8. The van der Waals surface area contributed by atoms with Gasteiger partial charge in [0.2, 0.25) is 5.91 Å². The fourth-order valence-electron chi connectivity index (χ4n) is 3.51. The van der Waals surface area contributed by atoms with Gasteiger partial charge in [0.1, 0.15) is 5.82 Å². The minimum absolute atomic E-state index is 0. The van der Waals surface area contributed by atoms with Crippen molar-refractivity contribution in [1.29, 1.82) is 0 Å². The number of nitrogens with zero attached hydrogens (tertiary/aromatic N) is 2. The molecule has 1 unspecified atom stereocenters. The van der Waals surface area contributed by atoms with Gasteiger partial charge < -0.3 is 20.7 Å². The highest BCUT2D eigenvalue weighted by Crippen LogP contribution is 2.23. The van der Waals surface area contributed by atoms with E-state index in [0.717, 1.165) is 50.4 Å². The largest absolute Gasteiger partial charge is 0.379 e. The van der Waals surface area contributed by atoms with Crippen LogP contribution in [0.2, 0.25) is 0 Å². The molecule has 1 saturated heterocycles. The standard InChI is InChI=1S/C22H34FN5O2.HI/c1-2-24-22(25-11-3-4-21(29)27-19-9-10-19)26-16-20(28-12-14-30-15-13-28)17-5-7-18(23)8-6-17;/h5-8,19-20H,2-4,9-16H2,1H3,(H,27,29)(H2,24,25,26);1H. The van der Waals surface area contributed by atoms with E-state index in [1.807, 2.05) is 19.1 Å². The summed E-state index contributed by atoms with van der Waals surface area (Å²) in [5.41, 5.74) is 1.05. The number of guanidine groups is 1. The predicted molar refractivity (Wildman–Crippen MR) is 131 cm³/mol. The minimum Gasteiger partial charge on any atom is -0.379 e. The van der Waals surface area contributed by atoms with Crippen molar-refractivity contribution in [2.45, 2.75) is 44.7 Å². The molecule has 0 bridgehead atoms. The van der Waals surface area contributed by atoms with Gasteiger partial charge in [0, 0.05) is 38.6 Å². The van der Waals surface area contributed by atoms with Crippen LogP contribution in [0, 0.1) is 5.82 Å². The molecule has 1 heterocycles. The molecule has 1 saturated carbocycles. The van der Waals surface area contributed by atoms with E-state index >= 15 is 0 Å². The quantitative estimate of drug-likeness (QED) is 0.182. The lowest BCUT2D eigenvalue weighted by atomic mass is 10.0. The molecular formula is C22H35FIN5O2. The molecule has 174 valence electrons. The summed E-state index contributed by atoms with van der Waals surface area (Å²) in [5, 5.41) is 9.60. The highest BCUT2D eigenvalue weighted by atomic mass is 127. The SMILES string of the molecule is CCNC(=NCC(c1ccc(F)cc1)N1CCOCC1)NCCCC(=O)NC1CC1.I. The van der Waals surface area contributed by atoms with Crippen molar-refractivity contribution >= 4 is 35.8 Å². The maximum Gasteiger partial charge on any atom is 0.220 e. The van der Waals surface area contributed by atoms with Gasteiger partial charge in [-0.1, -0.05) is 12.1 Å². The molecule has 0 spiro atoms. The molecule has 0 radical (unpaired) electrons. The Morgan fingerprint density at radius 2 is 1.94 bits per heavy atom. The van der Waals surface area contributed by atoms with E-state index in [1.54, 1.807) is 0 Å². The normalized spacial score (nSPS) is 18.1. The number of aliphatic imine (C=N–C) groups is 1. The van der Waals surface area contributed by atoms with Gasteiger partial charge in [-0.2, -0.15) is 0 Å². The molecule has 1 aliphatic carbocycles. The van der Waals surface area contributed by atoms with Crippen LogP contribution in [0.3, 0.4) is 0 Å². The minimum atomic E-state index is -0.233. The number of hydrogen-bond donors (Lipinski definition) is 3. The van der Waals surface area contributed by atoms with Crippen LogP contribution >= 0.6 is 24.0 Å². The molecular weight excluding hydrogens is 512 g/mol. The average Bonchev–Trinajstić information content (AvgIpc) is 3.57. The number of rotatable bonds is 10. The summed E-state index contributed by atoms with van der Waals surface area (Å²) in [7, 11) is 0. The summed E-state index contributed by atoms with van der Waals surface area (Å²) in [4.78, 5) is 18.9. The molecule has 1 aromatic carbocycles. The van der Waals surface area contributed by atoms with Gasteiger partial charge in [0.05, 0.1) is 25.8 Å². The third kappa shape index (κ3) is 9.28. The van der Waals surface area contributed by atoms with Crippen molar-refractivity contribution in [3.63, 3.8) is 0 Å². The first-order valence-electron chi connectivity index (χ1n) is 11.0. The molecule has 1 aromatic rings. The number of carbonyl (C=O) groups excluding carboxylic acids is 1. The number of amides is 1. The van der Waals surface area contributed by atoms with Crippen LogP contribution in [-0.4, -0.2) is 68.7 Å². The summed E-state index contributed by atoms with van der Waals surface area (Å²) < 4.78 is 18.9. The highest BCUT2D eigenvalue weighted by molar-refractivity contribution is 14.0. The first-order chi connectivity index (χ1) is 14.7. The Hall–Kier alpha value is -1.46.